The highest BCUT2D eigenvalue weighted by Gasteiger charge is 2.33. The minimum atomic E-state index is -0.0705. The zero-order chi connectivity index (χ0) is 15.7. The fourth-order valence-electron chi connectivity index (χ4n) is 3.19. The van der Waals surface area contributed by atoms with Gasteiger partial charge in [-0.3, -0.25) is 4.79 Å². The van der Waals surface area contributed by atoms with E-state index in [1.807, 2.05) is 43.0 Å². The third kappa shape index (κ3) is 2.53. The monoisotopic (exact) mass is 294 g/mol. The molecular weight excluding hydrogens is 272 g/mol. The van der Waals surface area contributed by atoms with Crippen molar-refractivity contribution >= 4 is 11.6 Å². The van der Waals surface area contributed by atoms with Crippen molar-refractivity contribution in [3.8, 4) is 0 Å². The van der Waals surface area contributed by atoms with Gasteiger partial charge >= 0.3 is 0 Å². The molecule has 3 nitrogen and oxygen atoms in total. The molecule has 1 aliphatic heterocycles. The molecule has 114 valence electrons. The minimum absolute atomic E-state index is 0.0503. The Morgan fingerprint density at radius 3 is 2.59 bits per heavy atom. The van der Waals surface area contributed by atoms with Gasteiger partial charge in [-0.15, -0.1) is 0 Å². The standard InChI is InChI=1S/C19H22N2O/c1-3-21-18-10-9-15(12-16(18)13(2)19(21)22)17(20)11-14-7-5-4-6-8-14/h4-10,12-13,17H,3,11,20H2,1-2H3. The quantitative estimate of drug-likeness (QED) is 0.939. The smallest absolute Gasteiger partial charge is 0.234 e. The van der Waals surface area contributed by atoms with Crippen molar-refractivity contribution < 1.29 is 4.79 Å². The number of nitrogens with zero attached hydrogens (tertiary/aromatic N) is 1. The van der Waals surface area contributed by atoms with E-state index in [4.69, 9.17) is 5.73 Å². The van der Waals surface area contributed by atoms with Crippen LogP contribution in [-0.2, 0) is 11.2 Å². The lowest BCUT2D eigenvalue weighted by Crippen LogP contribution is -2.27. The zero-order valence-electron chi connectivity index (χ0n) is 13.1. The summed E-state index contributed by atoms with van der Waals surface area (Å²) in [7, 11) is 0. The van der Waals surface area contributed by atoms with Crippen molar-refractivity contribution in [1.29, 1.82) is 0 Å². The number of hydrogen-bond donors (Lipinski definition) is 1. The topological polar surface area (TPSA) is 46.3 Å². The number of fused-ring (bicyclic) bond motifs is 1. The van der Waals surface area contributed by atoms with Crippen molar-refractivity contribution in [3.05, 3.63) is 65.2 Å². The molecule has 3 rings (SSSR count). The lowest BCUT2D eigenvalue weighted by Gasteiger charge is -2.16. The van der Waals surface area contributed by atoms with Crippen LogP contribution >= 0.6 is 0 Å². The molecule has 0 aromatic heterocycles. The second-order valence-corrected chi connectivity index (χ2v) is 5.92. The van der Waals surface area contributed by atoms with Crippen LogP contribution in [0, 0.1) is 0 Å². The lowest BCUT2D eigenvalue weighted by molar-refractivity contribution is -0.118. The first-order valence-electron chi connectivity index (χ1n) is 7.86. The highest BCUT2D eigenvalue weighted by atomic mass is 16.2. The highest BCUT2D eigenvalue weighted by molar-refractivity contribution is 6.04. The number of nitrogens with two attached hydrogens (primary N) is 1. The van der Waals surface area contributed by atoms with Gasteiger partial charge in [-0.2, -0.15) is 0 Å². The summed E-state index contributed by atoms with van der Waals surface area (Å²) in [4.78, 5) is 14.1. The van der Waals surface area contributed by atoms with Gasteiger partial charge in [0.25, 0.3) is 0 Å². The predicted octanol–water partition coefficient (Wildman–Crippen LogP) is 3.40. The summed E-state index contributed by atoms with van der Waals surface area (Å²) in [5, 5.41) is 0. The molecule has 2 aromatic carbocycles. The van der Waals surface area contributed by atoms with Crippen LogP contribution in [-0.4, -0.2) is 12.5 Å². The summed E-state index contributed by atoms with van der Waals surface area (Å²) >= 11 is 0. The number of carbonyl (C=O) groups excluding carboxylic acids is 1. The van der Waals surface area contributed by atoms with Crippen LogP contribution in [0.5, 0.6) is 0 Å². The molecule has 0 bridgehead atoms. The van der Waals surface area contributed by atoms with Crippen LogP contribution in [0.25, 0.3) is 0 Å². The molecule has 2 atom stereocenters. The van der Waals surface area contributed by atoms with Gasteiger partial charge in [-0.05, 0) is 43.0 Å². The maximum absolute atomic E-state index is 12.3. The molecule has 2 unspecified atom stereocenters. The Bertz CT molecular complexity index is 681. The number of rotatable bonds is 4. The van der Waals surface area contributed by atoms with Crippen LogP contribution in [0.1, 0.15) is 42.5 Å². The molecule has 3 heteroatoms. The van der Waals surface area contributed by atoms with E-state index in [1.165, 1.54) is 5.56 Å². The van der Waals surface area contributed by atoms with E-state index >= 15 is 0 Å². The Kier molecular flexibility index (Phi) is 3.99. The van der Waals surface area contributed by atoms with E-state index in [-0.39, 0.29) is 17.9 Å². The maximum Gasteiger partial charge on any atom is 0.234 e. The van der Waals surface area contributed by atoms with Gasteiger partial charge in [-0.1, -0.05) is 42.5 Å². The molecule has 0 saturated heterocycles. The number of hydrogen-bond acceptors (Lipinski definition) is 2. The number of likely N-dealkylation sites (N-methyl/N-ethyl adjacent to an activating group) is 1. The van der Waals surface area contributed by atoms with E-state index in [1.54, 1.807) is 0 Å². The van der Waals surface area contributed by atoms with Crippen LogP contribution in [0.15, 0.2) is 48.5 Å². The van der Waals surface area contributed by atoms with Gasteiger partial charge in [-0.25, -0.2) is 0 Å². The number of amides is 1. The Hall–Kier alpha value is -2.13. The fourth-order valence-corrected chi connectivity index (χ4v) is 3.19. The second-order valence-electron chi connectivity index (χ2n) is 5.92. The summed E-state index contributed by atoms with van der Waals surface area (Å²) in [5.74, 6) is 0.116. The van der Waals surface area contributed by atoms with Gasteiger partial charge in [0.05, 0.1) is 5.92 Å². The lowest BCUT2D eigenvalue weighted by atomic mass is 9.94. The molecule has 2 aromatic rings. The van der Waals surface area contributed by atoms with E-state index in [0.29, 0.717) is 6.54 Å². The highest BCUT2D eigenvalue weighted by Crippen LogP contribution is 2.38. The molecule has 0 fully saturated rings. The van der Waals surface area contributed by atoms with Gasteiger partial charge in [0.15, 0.2) is 0 Å². The van der Waals surface area contributed by atoms with Crippen molar-refractivity contribution in [3.63, 3.8) is 0 Å². The summed E-state index contributed by atoms with van der Waals surface area (Å²) < 4.78 is 0. The molecule has 0 aliphatic carbocycles. The molecule has 0 saturated carbocycles. The van der Waals surface area contributed by atoms with Gasteiger partial charge in [0, 0.05) is 18.3 Å². The van der Waals surface area contributed by atoms with Crippen LogP contribution < -0.4 is 10.6 Å². The van der Waals surface area contributed by atoms with Crippen LogP contribution in [0.4, 0.5) is 5.69 Å². The molecule has 22 heavy (non-hydrogen) atoms. The maximum atomic E-state index is 12.3. The van der Waals surface area contributed by atoms with Crippen molar-refractivity contribution in [2.24, 2.45) is 5.73 Å². The van der Waals surface area contributed by atoms with Crippen molar-refractivity contribution in [1.82, 2.24) is 0 Å². The first-order chi connectivity index (χ1) is 10.6. The van der Waals surface area contributed by atoms with E-state index in [2.05, 4.69) is 24.3 Å². The summed E-state index contributed by atoms with van der Waals surface area (Å²) in [6, 6.07) is 16.4. The van der Waals surface area contributed by atoms with E-state index in [9.17, 15) is 4.79 Å². The van der Waals surface area contributed by atoms with Gasteiger partial charge in [0.2, 0.25) is 5.91 Å². The third-order valence-electron chi connectivity index (χ3n) is 4.49. The number of anilines is 1. The van der Waals surface area contributed by atoms with Gasteiger partial charge in [0.1, 0.15) is 0 Å². The van der Waals surface area contributed by atoms with Crippen molar-refractivity contribution in [2.75, 3.05) is 11.4 Å². The first-order valence-corrected chi connectivity index (χ1v) is 7.86. The first kappa shape index (κ1) is 14.8. The molecule has 1 amide bonds. The number of benzene rings is 2. The van der Waals surface area contributed by atoms with Crippen molar-refractivity contribution in [2.45, 2.75) is 32.2 Å². The molecule has 1 aliphatic rings. The van der Waals surface area contributed by atoms with Crippen LogP contribution in [0.2, 0.25) is 0 Å². The molecule has 0 spiro atoms. The Labute approximate surface area is 131 Å². The fraction of sp³-hybridized carbons (Fsp3) is 0.316. The van der Waals surface area contributed by atoms with Gasteiger partial charge < -0.3 is 10.6 Å². The summed E-state index contributed by atoms with van der Waals surface area (Å²) in [6.45, 7) is 4.70. The minimum Gasteiger partial charge on any atom is -0.324 e. The third-order valence-corrected chi connectivity index (χ3v) is 4.49. The Balaban J connectivity index is 1.87. The van der Waals surface area contributed by atoms with E-state index in [0.717, 1.165) is 23.2 Å². The normalized spacial score (nSPS) is 18.4. The Morgan fingerprint density at radius 2 is 1.91 bits per heavy atom. The summed E-state index contributed by atoms with van der Waals surface area (Å²) in [6.07, 6.45) is 0.805. The molecular formula is C19H22N2O. The average Bonchev–Trinajstić information content (AvgIpc) is 2.79. The SMILES string of the molecule is CCN1C(=O)C(C)c2cc(C(N)Cc3ccccc3)ccc21. The average molecular weight is 294 g/mol. The Morgan fingerprint density at radius 1 is 1.18 bits per heavy atom. The largest absolute Gasteiger partial charge is 0.324 e. The number of carbonyl (C=O) groups is 1. The van der Waals surface area contributed by atoms with E-state index < -0.39 is 0 Å². The second kappa shape index (κ2) is 5.93. The zero-order valence-corrected chi connectivity index (χ0v) is 13.1. The molecule has 1 heterocycles. The molecule has 2 N–H and O–H groups in total. The predicted molar refractivity (Wildman–Crippen MR) is 90.0 cm³/mol. The summed E-state index contributed by atoms with van der Waals surface area (Å²) in [5.41, 5.74) is 10.8. The van der Waals surface area contributed by atoms with Crippen LogP contribution in [0.3, 0.4) is 0 Å². The molecule has 0 radical (unpaired) electrons.